The quantitative estimate of drug-likeness (QED) is 0.588. The summed E-state index contributed by atoms with van der Waals surface area (Å²) in [6.45, 7) is 4.85. The number of pyridine rings is 2. The SMILES string of the molecule is O=C(NCCCN1CCOCC1)c1cc2cccnc2n(Cc2ccc(F)cc2)c1=O. The van der Waals surface area contributed by atoms with Crippen molar-refractivity contribution in [3.63, 3.8) is 0 Å². The molecule has 31 heavy (non-hydrogen) atoms. The second kappa shape index (κ2) is 9.80. The lowest BCUT2D eigenvalue weighted by atomic mass is 10.1. The Morgan fingerprint density at radius 2 is 1.94 bits per heavy atom. The normalized spacial score (nSPS) is 14.6. The van der Waals surface area contributed by atoms with E-state index in [1.165, 1.54) is 16.7 Å². The van der Waals surface area contributed by atoms with Gasteiger partial charge < -0.3 is 10.1 Å². The Morgan fingerprint density at radius 3 is 2.71 bits per heavy atom. The summed E-state index contributed by atoms with van der Waals surface area (Å²) in [5.74, 6) is -0.741. The van der Waals surface area contributed by atoms with E-state index in [9.17, 15) is 14.0 Å². The number of rotatable bonds is 7. The Morgan fingerprint density at radius 1 is 1.16 bits per heavy atom. The number of aromatic nitrogens is 2. The molecule has 3 aromatic rings. The molecule has 1 amide bonds. The molecule has 162 valence electrons. The lowest BCUT2D eigenvalue weighted by Crippen LogP contribution is -2.38. The molecule has 1 aliphatic rings. The van der Waals surface area contributed by atoms with Gasteiger partial charge in [0.1, 0.15) is 17.0 Å². The average Bonchev–Trinajstić information content (AvgIpc) is 2.80. The van der Waals surface area contributed by atoms with Crippen LogP contribution in [0.2, 0.25) is 0 Å². The Kier molecular flexibility index (Phi) is 6.69. The Labute approximate surface area is 179 Å². The zero-order chi connectivity index (χ0) is 21.6. The van der Waals surface area contributed by atoms with E-state index in [0.717, 1.165) is 44.8 Å². The van der Waals surface area contributed by atoms with Gasteiger partial charge in [-0.25, -0.2) is 9.37 Å². The van der Waals surface area contributed by atoms with Crippen molar-refractivity contribution in [2.24, 2.45) is 0 Å². The van der Waals surface area contributed by atoms with Crippen LogP contribution in [0.4, 0.5) is 4.39 Å². The number of fused-ring (bicyclic) bond motifs is 1. The molecule has 0 unspecified atom stereocenters. The van der Waals surface area contributed by atoms with Crippen LogP contribution in [0.15, 0.2) is 53.5 Å². The Hall–Kier alpha value is -3.10. The minimum Gasteiger partial charge on any atom is -0.379 e. The first kappa shape index (κ1) is 21.1. The van der Waals surface area contributed by atoms with Gasteiger partial charge in [0.15, 0.2) is 0 Å². The summed E-state index contributed by atoms with van der Waals surface area (Å²) in [5.41, 5.74) is 0.898. The lowest BCUT2D eigenvalue weighted by Gasteiger charge is -2.26. The lowest BCUT2D eigenvalue weighted by molar-refractivity contribution is 0.0374. The zero-order valence-corrected chi connectivity index (χ0v) is 17.2. The van der Waals surface area contributed by atoms with E-state index in [1.807, 2.05) is 6.07 Å². The van der Waals surface area contributed by atoms with Crippen molar-refractivity contribution in [1.82, 2.24) is 19.8 Å². The van der Waals surface area contributed by atoms with Crippen molar-refractivity contribution in [2.75, 3.05) is 39.4 Å². The van der Waals surface area contributed by atoms with E-state index in [2.05, 4.69) is 15.2 Å². The molecule has 0 saturated carbocycles. The van der Waals surface area contributed by atoms with Crippen molar-refractivity contribution in [2.45, 2.75) is 13.0 Å². The Balaban J connectivity index is 1.51. The third-order valence-electron chi connectivity index (χ3n) is 5.39. The molecule has 0 spiro atoms. The van der Waals surface area contributed by atoms with Gasteiger partial charge in [0.25, 0.3) is 11.5 Å². The number of morpholine rings is 1. The van der Waals surface area contributed by atoms with Crippen LogP contribution < -0.4 is 10.9 Å². The van der Waals surface area contributed by atoms with Crippen LogP contribution in [0, 0.1) is 5.82 Å². The van der Waals surface area contributed by atoms with Gasteiger partial charge >= 0.3 is 0 Å². The van der Waals surface area contributed by atoms with Crippen molar-refractivity contribution in [3.05, 3.63) is 76.0 Å². The molecule has 1 N–H and O–H groups in total. The minimum absolute atomic E-state index is 0.0778. The summed E-state index contributed by atoms with van der Waals surface area (Å²) in [6, 6.07) is 11.1. The van der Waals surface area contributed by atoms with E-state index in [-0.39, 0.29) is 17.9 Å². The van der Waals surface area contributed by atoms with Gasteiger partial charge in [-0.3, -0.25) is 19.1 Å². The van der Waals surface area contributed by atoms with E-state index in [1.54, 1.807) is 30.5 Å². The number of halogens is 1. The number of amides is 1. The van der Waals surface area contributed by atoms with Crippen LogP contribution in [0.25, 0.3) is 11.0 Å². The maximum absolute atomic E-state index is 13.3. The molecule has 1 aliphatic heterocycles. The van der Waals surface area contributed by atoms with Gasteiger partial charge in [0, 0.05) is 31.2 Å². The summed E-state index contributed by atoms with van der Waals surface area (Å²) in [6.07, 6.45) is 2.40. The molecule has 2 aromatic heterocycles. The highest BCUT2D eigenvalue weighted by atomic mass is 19.1. The summed E-state index contributed by atoms with van der Waals surface area (Å²) >= 11 is 0. The number of nitrogens with one attached hydrogen (secondary N) is 1. The molecule has 1 aromatic carbocycles. The van der Waals surface area contributed by atoms with Gasteiger partial charge in [-0.05, 0) is 48.9 Å². The summed E-state index contributed by atoms with van der Waals surface area (Å²) in [5, 5.41) is 3.56. The fraction of sp³-hybridized carbons (Fsp3) is 0.348. The fourth-order valence-electron chi connectivity index (χ4n) is 3.71. The average molecular weight is 424 g/mol. The van der Waals surface area contributed by atoms with E-state index < -0.39 is 11.5 Å². The van der Waals surface area contributed by atoms with Gasteiger partial charge in [0.2, 0.25) is 0 Å². The van der Waals surface area contributed by atoms with Gasteiger partial charge in [-0.15, -0.1) is 0 Å². The summed E-state index contributed by atoms with van der Waals surface area (Å²) < 4.78 is 20.1. The molecule has 3 heterocycles. The predicted octanol–water partition coefficient (Wildman–Crippen LogP) is 2.04. The van der Waals surface area contributed by atoms with E-state index in [4.69, 9.17) is 4.74 Å². The molecule has 0 aliphatic carbocycles. The molecule has 4 rings (SSSR count). The topological polar surface area (TPSA) is 76.5 Å². The predicted molar refractivity (Wildman–Crippen MR) is 116 cm³/mol. The number of ether oxygens (including phenoxy) is 1. The molecule has 1 saturated heterocycles. The molecule has 0 atom stereocenters. The third kappa shape index (κ3) is 5.15. The first-order chi connectivity index (χ1) is 15.1. The van der Waals surface area contributed by atoms with Gasteiger partial charge in [-0.2, -0.15) is 0 Å². The third-order valence-corrected chi connectivity index (χ3v) is 5.39. The number of carbonyl (C=O) groups excluding carboxylic acids is 1. The second-order valence-corrected chi connectivity index (χ2v) is 7.56. The van der Waals surface area contributed by atoms with Crippen LogP contribution in [0.5, 0.6) is 0 Å². The molecule has 7 nitrogen and oxygen atoms in total. The van der Waals surface area contributed by atoms with Gasteiger partial charge in [0.05, 0.1) is 19.8 Å². The standard InChI is InChI=1S/C23H25FN4O3/c24-19-6-4-17(5-7-19)16-28-21-18(3-1-8-25-21)15-20(23(28)30)22(29)26-9-2-10-27-11-13-31-14-12-27/h1,3-8,15H,2,9-14,16H2,(H,26,29). The highest BCUT2D eigenvalue weighted by molar-refractivity contribution is 5.96. The number of benzene rings is 1. The van der Waals surface area contributed by atoms with Crippen LogP contribution in [0.1, 0.15) is 22.3 Å². The van der Waals surface area contributed by atoms with E-state index >= 15 is 0 Å². The minimum atomic E-state index is -0.416. The number of hydrogen-bond acceptors (Lipinski definition) is 5. The number of carbonyl (C=O) groups is 1. The molecule has 0 bridgehead atoms. The van der Waals surface area contributed by atoms with Crippen molar-refractivity contribution in [1.29, 1.82) is 0 Å². The molecular weight excluding hydrogens is 399 g/mol. The first-order valence-electron chi connectivity index (χ1n) is 10.4. The number of nitrogens with zero attached hydrogens (tertiary/aromatic N) is 3. The van der Waals surface area contributed by atoms with Crippen molar-refractivity contribution in [3.8, 4) is 0 Å². The zero-order valence-electron chi connectivity index (χ0n) is 17.2. The maximum atomic E-state index is 13.3. The summed E-state index contributed by atoms with van der Waals surface area (Å²) in [7, 11) is 0. The van der Waals surface area contributed by atoms with Crippen LogP contribution in [-0.2, 0) is 11.3 Å². The van der Waals surface area contributed by atoms with Crippen molar-refractivity contribution < 1.29 is 13.9 Å². The van der Waals surface area contributed by atoms with Crippen LogP contribution in [0.3, 0.4) is 0 Å². The molecular formula is C23H25FN4O3. The highest BCUT2D eigenvalue weighted by Crippen LogP contribution is 2.13. The van der Waals surface area contributed by atoms with Crippen molar-refractivity contribution >= 4 is 16.9 Å². The maximum Gasteiger partial charge on any atom is 0.265 e. The highest BCUT2D eigenvalue weighted by Gasteiger charge is 2.17. The van der Waals surface area contributed by atoms with Gasteiger partial charge in [-0.1, -0.05) is 12.1 Å². The largest absolute Gasteiger partial charge is 0.379 e. The van der Waals surface area contributed by atoms with Crippen LogP contribution in [-0.4, -0.2) is 59.8 Å². The number of hydrogen-bond donors (Lipinski definition) is 1. The van der Waals surface area contributed by atoms with Crippen LogP contribution >= 0.6 is 0 Å². The smallest absolute Gasteiger partial charge is 0.265 e. The molecule has 0 radical (unpaired) electrons. The molecule has 8 heteroatoms. The van der Waals surface area contributed by atoms with E-state index in [0.29, 0.717) is 17.6 Å². The summed E-state index contributed by atoms with van der Waals surface area (Å²) in [4.78, 5) is 32.5. The first-order valence-corrected chi connectivity index (χ1v) is 10.4. The Bertz CT molecular complexity index is 1110. The molecule has 1 fully saturated rings. The second-order valence-electron chi connectivity index (χ2n) is 7.56. The fourth-order valence-corrected chi connectivity index (χ4v) is 3.71. The monoisotopic (exact) mass is 424 g/mol.